The summed E-state index contributed by atoms with van der Waals surface area (Å²) >= 11 is 4.00. The van der Waals surface area contributed by atoms with Crippen molar-refractivity contribution < 1.29 is 27.9 Å². The molecule has 0 amide bonds. The number of rotatable bonds is 4. The molecule has 0 radical (unpaired) electrons. The van der Waals surface area contributed by atoms with Crippen LogP contribution in [-0.4, -0.2) is 25.2 Å². The van der Waals surface area contributed by atoms with Gasteiger partial charge in [-0.3, -0.25) is 0 Å². The molecule has 3 rings (SSSR count). The fourth-order valence-electron chi connectivity index (χ4n) is 2.66. The Kier molecular flexibility index (Phi) is 5.23. The number of carbonyl (C=O) groups excluding carboxylic acids is 2. The Hall–Kier alpha value is -1.70. The second kappa shape index (κ2) is 7.13. The molecule has 3 aromatic rings. The van der Waals surface area contributed by atoms with Crippen LogP contribution in [0.2, 0.25) is 0 Å². The molecule has 0 unspecified atom stereocenters. The van der Waals surface area contributed by atoms with Gasteiger partial charge in [-0.15, -0.1) is 0 Å². The van der Waals surface area contributed by atoms with Crippen molar-refractivity contribution in [2.45, 2.75) is 13.8 Å². The van der Waals surface area contributed by atoms with Crippen molar-refractivity contribution in [3.63, 3.8) is 0 Å². The summed E-state index contributed by atoms with van der Waals surface area (Å²) < 4.78 is 22.5. The van der Waals surface area contributed by atoms with Crippen LogP contribution in [0.1, 0.15) is 34.6 Å². The molecule has 10 heteroatoms. The molecule has 26 heavy (non-hydrogen) atoms. The van der Waals surface area contributed by atoms with Gasteiger partial charge in [0.25, 0.3) is 0 Å². The molecule has 0 saturated heterocycles. The number of hydrogen-bond donors (Lipinski definition) is 2. The van der Waals surface area contributed by atoms with Gasteiger partial charge in [-0.05, 0) is 59.0 Å². The number of furan rings is 2. The number of fused-ring (bicyclic) bond motifs is 2. The molecular weight excluding hydrogens is 570 g/mol. The summed E-state index contributed by atoms with van der Waals surface area (Å²) in [5.41, 5.74) is 12.8. The van der Waals surface area contributed by atoms with Crippen molar-refractivity contribution in [1.82, 2.24) is 0 Å². The van der Waals surface area contributed by atoms with Crippen molar-refractivity contribution >= 4 is 90.8 Å². The Balaban J connectivity index is 2.42. The third-order valence-corrected chi connectivity index (χ3v) is 5.73. The number of nitrogen functional groups attached to an aromatic ring is 2. The normalized spacial score (nSPS) is 11.2. The zero-order chi connectivity index (χ0) is 19.2. The highest BCUT2D eigenvalue weighted by molar-refractivity contribution is 14.1. The van der Waals surface area contributed by atoms with Gasteiger partial charge in [0.1, 0.15) is 11.1 Å². The third kappa shape index (κ3) is 2.78. The zero-order valence-corrected chi connectivity index (χ0v) is 18.1. The van der Waals surface area contributed by atoms with Gasteiger partial charge in [0, 0.05) is 0 Å². The fraction of sp³-hybridized carbons (Fsp3) is 0.250. The van der Waals surface area contributed by atoms with Crippen LogP contribution >= 0.6 is 45.2 Å². The van der Waals surface area contributed by atoms with Gasteiger partial charge in [-0.1, -0.05) is 0 Å². The molecule has 138 valence electrons. The van der Waals surface area contributed by atoms with Crippen molar-refractivity contribution in [3.8, 4) is 0 Å². The number of hydrogen-bond acceptors (Lipinski definition) is 8. The average Bonchev–Trinajstić information content (AvgIpc) is 3.11. The van der Waals surface area contributed by atoms with E-state index in [4.69, 9.17) is 29.8 Å². The highest BCUT2D eigenvalue weighted by Gasteiger charge is 2.31. The molecule has 0 saturated carbocycles. The minimum atomic E-state index is -0.595. The van der Waals surface area contributed by atoms with Crippen LogP contribution < -0.4 is 11.5 Å². The first kappa shape index (κ1) is 19.1. The topological polar surface area (TPSA) is 131 Å². The lowest BCUT2D eigenvalue weighted by atomic mass is 10.1. The Morgan fingerprint density at radius 1 is 0.846 bits per heavy atom. The standard InChI is InChI=1S/C16H14I2N2O6/c1-3-23-15(21)7-5-9(17)12-6(10(18)11(5)25-13(7)19)8(14(20)26-12)16(22)24-4-2/h3-4,19-20H2,1-2H3. The van der Waals surface area contributed by atoms with Crippen LogP contribution in [0.25, 0.3) is 21.9 Å². The molecule has 0 spiro atoms. The van der Waals surface area contributed by atoms with Gasteiger partial charge < -0.3 is 29.8 Å². The van der Waals surface area contributed by atoms with Gasteiger partial charge in [0.2, 0.25) is 11.8 Å². The predicted octanol–water partition coefficient (Wildman–Crippen LogP) is 3.91. The molecule has 0 aliphatic heterocycles. The Bertz CT molecular complexity index is 969. The summed E-state index contributed by atoms with van der Waals surface area (Å²) in [4.78, 5) is 24.6. The quantitative estimate of drug-likeness (QED) is 0.349. The van der Waals surface area contributed by atoms with Gasteiger partial charge in [0.05, 0.1) is 31.1 Å². The summed E-state index contributed by atoms with van der Waals surface area (Å²) in [6, 6.07) is 0. The van der Waals surface area contributed by atoms with Crippen molar-refractivity contribution in [2.75, 3.05) is 24.7 Å². The number of ether oxygens (including phenoxy) is 2. The number of halogens is 2. The van der Waals surface area contributed by atoms with Gasteiger partial charge >= 0.3 is 11.9 Å². The van der Waals surface area contributed by atoms with E-state index in [2.05, 4.69) is 0 Å². The molecular formula is C16H14I2N2O6. The van der Waals surface area contributed by atoms with Crippen LogP contribution in [0.5, 0.6) is 0 Å². The Labute approximate surface area is 174 Å². The highest BCUT2D eigenvalue weighted by atomic mass is 127. The van der Waals surface area contributed by atoms with E-state index in [1.807, 2.05) is 45.2 Å². The number of anilines is 2. The second-order valence-corrected chi connectivity index (χ2v) is 7.32. The van der Waals surface area contributed by atoms with Crippen LogP contribution in [0.15, 0.2) is 8.83 Å². The second-order valence-electron chi connectivity index (χ2n) is 5.16. The molecule has 0 aliphatic rings. The monoisotopic (exact) mass is 584 g/mol. The molecule has 2 heterocycles. The first-order chi connectivity index (χ1) is 12.3. The molecule has 0 fully saturated rings. The molecule has 1 aromatic carbocycles. The smallest absolute Gasteiger partial charge is 0.344 e. The average molecular weight is 584 g/mol. The first-order valence-corrected chi connectivity index (χ1v) is 9.74. The van der Waals surface area contributed by atoms with E-state index in [1.165, 1.54) is 0 Å². The van der Waals surface area contributed by atoms with Gasteiger partial charge in [0.15, 0.2) is 11.2 Å². The minimum Gasteiger partial charge on any atom is -0.462 e. The van der Waals surface area contributed by atoms with E-state index in [0.29, 0.717) is 29.1 Å². The number of esters is 2. The van der Waals surface area contributed by atoms with E-state index in [1.54, 1.807) is 13.8 Å². The molecule has 0 atom stereocenters. The van der Waals surface area contributed by atoms with Crippen LogP contribution in [0.4, 0.5) is 11.8 Å². The van der Waals surface area contributed by atoms with E-state index < -0.39 is 11.9 Å². The lowest BCUT2D eigenvalue weighted by Gasteiger charge is -2.04. The van der Waals surface area contributed by atoms with Crippen molar-refractivity contribution in [2.24, 2.45) is 0 Å². The van der Waals surface area contributed by atoms with Crippen molar-refractivity contribution in [3.05, 3.63) is 18.3 Å². The van der Waals surface area contributed by atoms with Gasteiger partial charge in [-0.2, -0.15) is 0 Å². The lowest BCUT2D eigenvalue weighted by Crippen LogP contribution is -2.07. The summed E-state index contributed by atoms with van der Waals surface area (Å²) in [5, 5.41) is 0.921. The Morgan fingerprint density at radius 2 is 1.19 bits per heavy atom. The van der Waals surface area contributed by atoms with Gasteiger partial charge in [-0.25, -0.2) is 9.59 Å². The summed E-state index contributed by atoms with van der Waals surface area (Å²) in [5.74, 6) is -1.32. The van der Waals surface area contributed by atoms with Crippen LogP contribution in [-0.2, 0) is 9.47 Å². The maximum absolute atomic E-state index is 12.3. The molecule has 0 aliphatic carbocycles. The maximum atomic E-state index is 12.3. The Morgan fingerprint density at radius 3 is 1.50 bits per heavy atom. The predicted molar refractivity (Wildman–Crippen MR) is 112 cm³/mol. The summed E-state index contributed by atoms with van der Waals surface area (Å²) in [6.07, 6.45) is 0. The van der Waals surface area contributed by atoms with E-state index in [-0.39, 0.29) is 36.1 Å². The summed E-state index contributed by atoms with van der Waals surface area (Å²) in [7, 11) is 0. The van der Waals surface area contributed by atoms with E-state index >= 15 is 0 Å². The fourth-order valence-corrected chi connectivity index (χ4v) is 4.45. The highest BCUT2D eigenvalue weighted by Crippen LogP contribution is 2.44. The molecule has 8 nitrogen and oxygen atoms in total. The maximum Gasteiger partial charge on any atom is 0.344 e. The molecule has 0 bridgehead atoms. The first-order valence-electron chi connectivity index (χ1n) is 7.58. The lowest BCUT2D eigenvalue weighted by molar-refractivity contribution is 0.0519. The summed E-state index contributed by atoms with van der Waals surface area (Å²) in [6.45, 7) is 3.79. The number of carbonyl (C=O) groups is 2. The van der Waals surface area contributed by atoms with E-state index in [9.17, 15) is 9.59 Å². The largest absolute Gasteiger partial charge is 0.462 e. The molecule has 4 N–H and O–H groups in total. The van der Waals surface area contributed by atoms with Crippen LogP contribution in [0.3, 0.4) is 0 Å². The van der Waals surface area contributed by atoms with Crippen LogP contribution in [0, 0.1) is 7.14 Å². The number of nitrogens with two attached hydrogens (primary N) is 2. The SMILES string of the molecule is CCOC(=O)c1c(N)oc2c(I)c3c(C(=O)OCC)c(N)oc3c(I)c12. The number of benzene rings is 1. The third-order valence-electron chi connectivity index (χ3n) is 3.67. The van der Waals surface area contributed by atoms with Crippen molar-refractivity contribution in [1.29, 1.82) is 0 Å². The minimum absolute atomic E-state index is 0.0624. The molecule has 2 aromatic heterocycles. The van der Waals surface area contributed by atoms with E-state index in [0.717, 1.165) is 0 Å². The zero-order valence-electron chi connectivity index (χ0n) is 13.8.